The number of nitriles is 1. The Morgan fingerprint density at radius 2 is 2.20 bits per heavy atom. The average Bonchev–Trinajstić information content (AvgIpc) is 2.14. The van der Waals surface area contributed by atoms with Crippen LogP contribution in [0, 0.1) is 17.2 Å². The van der Waals surface area contributed by atoms with E-state index in [0.717, 1.165) is 13.0 Å². The minimum Gasteiger partial charge on any atom is -0.387 e. The standard InChI is InChI=1S/C9H12F3N3/c1-7(9(10,11)12)5-8(14-2)6-15-4-3-13/h5-7,14H,4H2,1-2H3/b8-5+,15-6?. The van der Waals surface area contributed by atoms with Gasteiger partial charge in [0.2, 0.25) is 0 Å². The van der Waals surface area contributed by atoms with Gasteiger partial charge in [-0.05, 0) is 6.08 Å². The van der Waals surface area contributed by atoms with Crippen molar-refractivity contribution in [2.24, 2.45) is 10.9 Å². The lowest BCUT2D eigenvalue weighted by Crippen LogP contribution is -2.20. The van der Waals surface area contributed by atoms with Crippen molar-refractivity contribution in [1.29, 1.82) is 5.26 Å². The molecule has 0 spiro atoms. The molecule has 0 aliphatic heterocycles. The summed E-state index contributed by atoms with van der Waals surface area (Å²) in [5, 5.41) is 10.7. The zero-order chi connectivity index (χ0) is 11.9. The van der Waals surface area contributed by atoms with Crippen molar-refractivity contribution in [1.82, 2.24) is 5.32 Å². The van der Waals surface area contributed by atoms with E-state index in [1.165, 1.54) is 13.3 Å². The van der Waals surface area contributed by atoms with Crippen molar-refractivity contribution in [2.75, 3.05) is 13.6 Å². The smallest absolute Gasteiger partial charge is 0.387 e. The molecule has 6 heteroatoms. The molecule has 3 nitrogen and oxygen atoms in total. The molecule has 0 rings (SSSR count). The Morgan fingerprint density at radius 1 is 1.60 bits per heavy atom. The van der Waals surface area contributed by atoms with Crippen molar-refractivity contribution in [3.05, 3.63) is 11.8 Å². The van der Waals surface area contributed by atoms with Gasteiger partial charge in [-0.3, -0.25) is 4.99 Å². The van der Waals surface area contributed by atoms with E-state index < -0.39 is 12.1 Å². The van der Waals surface area contributed by atoms with Gasteiger partial charge in [-0.1, -0.05) is 6.92 Å². The van der Waals surface area contributed by atoms with Crippen molar-refractivity contribution in [3.63, 3.8) is 0 Å². The lowest BCUT2D eigenvalue weighted by atomic mass is 10.1. The molecule has 0 amide bonds. The Balaban J connectivity index is 4.54. The highest BCUT2D eigenvalue weighted by atomic mass is 19.4. The predicted molar refractivity (Wildman–Crippen MR) is 51.3 cm³/mol. The largest absolute Gasteiger partial charge is 0.394 e. The van der Waals surface area contributed by atoms with Crippen LogP contribution in [0.25, 0.3) is 0 Å². The van der Waals surface area contributed by atoms with Crippen LogP contribution in [0.4, 0.5) is 13.2 Å². The molecule has 0 saturated heterocycles. The summed E-state index contributed by atoms with van der Waals surface area (Å²) in [6.07, 6.45) is -2.03. The Labute approximate surface area is 86.3 Å². The number of alkyl halides is 3. The number of nitrogens with zero attached hydrogens (tertiary/aromatic N) is 2. The Morgan fingerprint density at radius 3 is 2.60 bits per heavy atom. The normalized spacial score (nSPS) is 15.1. The van der Waals surface area contributed by atoms with E-state index >= 15 is 0 Å². The molecule has 0 heterocycles. The molecule has 0 saturated carbocycles. The third-order valence-corrected chi connectivity index (χ3v) is 1.63. The lowest BCUT2D eigenvalue weighted by molar-refractivity contribution is -0.156. The molecular weight excluding hydrogens is 207 g/mol. The van der Waals surface area contributed by atoms with Crippen LogP contribution in [-0.4, -0.2) is 26.0 Å². The van der Waals surface area contributed by atoms with Crippen LogP contribution in [0.5, 0.6) is 0 Å². The number of nitrogens with one attached hydrogen (secondary N) is 1. The first-order chi connectivity index (χ1) is 6.91. The first kappa shape index (κ1) is 13.5. The lowest BCUT2D eigenvalue weighted by Gasteiger charge is -2.12. The second-order valence-corrected chi connectivity index (χ2v) is 2.83. The van der Waals surface area contributed by atoms with E-state index in [-0.39, 0.29) is 12.2 Å². The maximum Gasteiger partial charge on any atom is 0.394 e. The van der Waals surface area contributed by atoms with Gasteiger partial charge in [-0.15, -0.1) is 0 Å². The number of rotatable bonds is 4. The van der Waals surface area contributed by atoms with E-state index in [1.54, 1.807) is 6.07 Å². The summed E-state index contributed by atoms with van der Waals surface area (Å²) < 4.78 is 36.5. The van der Waals surface area contributed by atoms with Crippen molar-refractivity contribution >= 4 is 6.21 Å². The highest BCUT2D eigenvalue weighted by Crippen LogP contribution is 2.26. The topological polar surface area (TPSA) is 48.2 Å². The van der Waals surface area contributed by atoms with Crippen LogP contribution in [0.3, 0.4) is 0 Å². The molecule has 0 aromatic carbocycles. The Kier molecular flexibility index (Phi) is 5.45. The second kappa shape index (κ2) is 6.06. The monoisotopic (exact) mass is 219 g/mol. The van der Waals surface area contributed by atoms with E-state index in [1.807, 2.05) is 0 Å². The summed E-state index contributed by atoms with van der Waals surface area (Å²) in [7, 11) is 1.49. The molecule has 0 bridgehead atoms. The summed E-state index contributed by atoms with van der Waals surface area (Å²) >= 11 is 0. The van der Waals surface area contributed by atoms with Crippen molar-refractivity contribution in [3.8, 4) is 6.07 Å². The van der Waals surface area contributed by atoms with Gasteiger partial charge in [0, 0.05) is 19.0 Å². The van der Waals surface area contributed by atoms with Gasteiger partial charge in [0.25, 0.3) is 0 Å². The number of halogens is 3. The minimum atomic E-state index is -4.26. The fourth-order valence-electron chi connectivity index (χ4n) is 0.740. The van der Waals surface area contributed by atoms with Gasteiger partial charge in [0.15, 0.2) is 0 Å². The molecule has 0 radical (unpaired) electrons. The van der Waals surface area contributed by atoms with E-state index in [9.17, 15) is 13.2 Å². The van der Waals surface area contributed by atoms with Gasteiger partial charge in [-0.2, -0.15) is 18.4 Å². The highest BCUT2D eigenvalue weighted by molar-refractivity contribution is 5.77. The highest BCUT2D eigenvalue weighted by Gasteiger charge is 2.34. The molecule has 1 atom stereocenters. The number of hydrogen-bond donors (Lipinski definition) is 1. The first-order valence-corrected chi connectivity index (χ1v) is 4.25. The average molecular weight is 219 g/mol. The van der Waals surface area contributed by atoms with Gasteiger partial charge < -0.3 is 5.32 Å². The van der Waals surface area contributed by atoms with Crippen molar-refractivity contribution < 1.29 is 13.2 Å². The third kappa shape index (κ3) is 5.73. The molecule has 1 N–H and O–H groups in total. The van der Waals surface area contributed by atoms with E-state index in [2.05, 4.69) is 10.3 Å². The summed E-state index contributed by atoms with van der Waals surface area (Å²) in [6, 6.07) is 1.76. The van der Waals surface area contributed by atoms with E-state index in [4.69, 9.17) is 5.26 Å². The summed E-state index contributed by atoms with van der Waals surface area (Å²) in [5.74, 6) is -1.55. The summed E-state index contributed by atoms with van der Waals surface area (Å²) in [6.45, 7) is 0.981. The molecule has 0 aromatic heterocycles. The van der Waals surface area contributed by atoms with Gasteiger partial charge >= 0.3 is 6.18 Å². The van der Waals surface area contributed by atoms with Crippen LogP contribution in [0.15, 0.2) is 16.8 Å². The Hall–Kier alpha value is -1.51. The molecule has 0 fully saturated rings. The molecule has 0 aliphatic carbocycles. The molecule has 0 aromatic rings. The fourth-order valence-corrected chi connectivity index (χ4v) is 0.740. The second-order valence-electron chi connectivity index (χ2n) is 2.83. The molecule has 84 valence electrons. The SMILES string of the molecule is CN/C(C=NCC#N)=C/C(C)C(F)(F)F. The molecule has 0 aliphatic rings. The quantitative estimate of drug-likeness (QED) is 0.579. The first-order valence-electron chi connectivity index (χ1n) is 4.25. The van der Waals surface area contributed by atoms with Gasteiger partial charge in [0.05, 0.1) is 12.0 Å². The van der Waals surface area contributed by atoms with Crippen LogP contribution < -0.4 is 5.32 Å². The zero-order valence-corrected chi connectivity index (χ0v) is 8.47. The number of aliphatic imine (C=N–C) groups is 1. The number of allylic oxidation sites excluding steroid dienone is 2. The summed E-state index contributed by atoms with van der Waals surface area (Å²) in [5.41, 5.74) is 0.245. The van der Waals surface area contributed by atoms with E-state index in [0.29, 0.717) is 0 Å². The maximum absolute atomic E-state index is 12.2. The van der Waals surface area contributed by atoms with Gasteiger partial charge in [0.1, 0.15) is 6.54 Å². The Bertz CT molecular complexity index is 286. The van der Waals surface area contributed by atoms with Crippen LogP contribution in [-0.2, 0) is 0 Å². The van der Waals surface area contributed by atoms with Crippen LogP contribution in [0.1, 0.15) is 6.92 Å². The van der Waals surface area contributed by atoms with Crippen molar-refractivity contribution in [2.45, 2.75) is 13.1 Å². The molecular formula is C9H12F3N3. The molecule has 15 heavy (non-hydrogen) atoms. The van der Waals surface area contributed by atoms with Crippen LogP contribution in [0.2, 0.25) is 0 Å². The zero-order valence-electron chi connectivity index (χ0n) is 8.47. The van der Waals surface area contributed by atoms with Gasteiger partial charge in [-0.25, -0.2) is 0 Å². The van der Waals surface area contributed by atoms with Crippen LogP contribution >= 0.6 is 0 Å². The molecule has 1 unspecified atom stereocenters. The predicted octanol–water partition coefficient (Wildman–Crippen LogP) is 1.88. The maximum atomic E-state index is 12.2. The number of hydrogen-bond acceptors (Lipinski definition) is 3. The third-order valence-electron chi connectivity index (χ3n) is 1.63. The minimum absolute atomic E-state index is 0.0700. The fraction of sp³-hybridized carbons (Fsp3) is 0.556. The summed E-state index contributed by atoms with van der Waals surface area (Å²) in [4.78, 5) is 3.61.